The first-order valence-corrected chi connectivity index (χ1v) is 8.82. The van der Waals surface area contributed by atoms with Crippen molar-refractivity contribution < 1.29 is 23.9 Å². The summed E-state index contributed by atoms with van der Waals surface area (Å²) in [6.07, 6.45) is 1.50. The average molecular weight is 364 g/mol. The van der Waals surface area contributed by atoms with Crippen LogP contribution in [0.25, 0.3) is 0 Å². The molecule has 142 valence electrons. The third kappa shape index (κ3) is 5.28. The third-order valence-electron chi connectivity index (χ3n) is 4.60. The van der Waals surface area contributed by atoms with E-state index in [2.05, 4.69) is 0 Å². The van der Waals surface area contributed by atoms with Crippen LogP contribution in [0.15, 0.2) is 24.3 Å². The number of halogens is 1. The Balaban J connectivity index is 2.00. The highest BCUT2D eigenvalue weighted by Gasteiger charge is 2.32. The molecule has 1 aromatic rings. The smallest absolute Gasteiger partial charge is 0.323 e. The maximum atomic E-state index is 13.0. The highest BCUT2D eigenvalue weighted by atomic mass is 19.1. The molecule has 1 atom stereocenters. The van der Waals surface area contributed by atoms with Gasteiger partial charge < -0.3 is 14.9 Å². The van der Waals surface area contributed by atoms with Crippen LogP contribution in [0.2, 0.25) is 0 Å². The minimum absolute atomic E-state index is 0.108. The zero-order chi connectivity index (χ0) is 19.3. The van der Waals surface area contributed by atoms with Crippen molar-refractivity contribution in [2.45, 2.75) is 39.2 Å². The van der Waals surface area contributed by atoms with Gasteiger partial charge in [0.05, 0.1) is 12.3 Å². The summed E-state index contributed by atoms with van der Waals surface area (Å²) in [4.78, 5) is 39.2. The maximum absolute atomic E-state index is 13.0. The fraction of sp³-hybridized carbons (Fsp3) is 0.526. The predicted octanol–water partition coefficient (Wildman–Crippen LogP) is 1.93. The molecular weight excluding hydrogens is 339 g/mol. The number of likely N-dealkylation sites (tertiary alicyclic amines) is 1. The molecule has 1 aromatic carbocycles. The van der Waals surface area contributed by atoms with Crippen LogP contribution in [0, 0.1) is 11.7 Å². The normalized spacial score (nSPS) is 17.2. The van der Waals surface area contributed by atoms with Crippen molar-refractivity contribution in [2.24, 2.45) is 5.92 Å². The van der Waals surface area contributed by atoms with E-state index in [-0.39, 0.29) is 42.6 Å². The number of carboxylic acids is 1. The summed E-state index contributed by atoms with van der Waals surface area (Å²) in [5.41, 5.74) is 0.722. The van der Waals surface area contributed by atoms with E-state index < -0.39 is 5.97 Å². The van der Waals surface area contributed by atoms with Gasteiger partial charge in [0, 0.05) is 19.1 Å². The Labute approximate surface area is 152 Å². The summed E-state index contributed by atoms with van der Waals surface area (Å²) >= 11 is 0. The lowest BCUT2D eigenvalue weighted by molar-refractivity contribution is -0.149. The van der Waals surface area contributed by atoms with Gasteiger partial charge in [0.25, 0.3) is 0 Å². The summed E-state index contributed by atoms with van der Waals surface area (Å²) in [6, 6.07) is 5.57. The molecule has 0 saturated carbocycles. The quantitative estimate of drug-likeness (QED) is 0.837. The van der Waals surface area contributed by atoms with Gasteiger partial charge in [0.2, 0.25) is 11.8 Å². The fourth-order valence-electron chi connectivity index (χ4n) is 3.19. The second-order valence-electron chi connectivity index (χ2n) is 6.94. The number of rotatable bonds is 6. The first-order chi connectivity index (χ1) is 12.3. The van der Waals surface area contributed by atoms with Crippen LogP contribution in [0.3, 0.4) is 0 Å². The molecule has 7 heteroatoms. The van der Waals surface area contributed by atoms with Crippen LogP contribution >= 0.6 is 0 Å². The monoisotopic (exact) mass is 364 g/mol. The topological polar surface area (TPSA) is 77.9 Å². The Kier molecular flexibility index (Phi) is 6.71. The molecule has 26 heavy (non-hydrogen) atoms. The van der Waals surface area contributed by atoms with Gasteiger partial charge in [-0.05, 0) is 44.4 Å². The van der Waals surface area contributed by atoms with Crippen molar-refractivity contribution in [1.29, 1.82) is 0 Å². The van der Waals surface area contributed by atoms with Crippen molar-refractivity contribution in [3.05, 3.63) is 35.6 Å². The van der Waals surface area contributed by atoms with Gasteiger partial charge in [-0.1, -0.05) is 12.1 Å². The van der Waals surface area contributed by atoms with Crippen LogP contribution in [0.4, 0.5) is 4.39 Å². The van der Waals surface area contributed by atoms with Crippen molar-refractivity contribution in [1.82, 2.24) is 9.80 Å². The summed E-state index contributed by atoms with van der Waals surface area (Å²) in [5, 5.41) is 9.02. The van der Waals surface area contributed by atoms with E-state index in [1.54, 1.807) is 30.9 Å². The first kappa shape index (κ1) is 19.9. The minimum atomic E-state index is -1.05. The number of piperidine rings is 1. The fourth-order valence-corrected chi connectivity index (χ4v) is 3.19. The number of amides is 2. The van der Waals surface area contributed by atoms with Crippen molar-refractivity contribution in [3.63, 3.8) is 0 Å². The zero-order valence-corrected chi connectivity index (χ0v) is 15.2. The Morgan fingerprint density at radius 3 is 2.50 bits per heavy atom. The Morgan fingerprint density at radius 1 is 1.27 bits per heavy atom. The summed E-state index contributed by atoms with van der Waals surface area (Å²) < 4.78 is 13.0. The largest absolute Gasteiger partial charge is 0.480 e. The van der Waals surface area contributed by atoms with E-state index in [0.717, 1.165) is 5.56 Å². The van der Waals surface area contributed by atoms with E-state index in [1.807, 2.05) is 0 Å². The molecule has 1 unspecified atom stereocenters. The van der Waals surface area contributed by atoms with Gasteiger partial charge >= 0.3 is 5.97 Å². The first-order valence-electron chi connectivity index (χ1n) is 8.82. The predicted molar refractivity (Wildman–Crippen MR) is 93.9 cm³/mol. The Bertz CT molecular complexity index is 660. The summed E-state index contributed by atoms with van der Waals surface area (Å²) in [6.45, 7) is 4.09. The number of aliphatic carboxylic acids is 1. The van der Waals surface area contributed by atoms with Crippen molar-refractivity contribution >= 4 is 17.8 Å². The molecule has 0 radical (unpaired) electrons. The Hall–Kier alpha value is -2.44. The molecule has 1 aliphatic rings. The van der Waals surface area contributed by atoms with E-state index in [1.165, 1.54) is 17.0 Å². The molecule has 6 nitrogen and oxygen atoms in total. The van der Waals surface area contributed by atoms with E-state index in [4.69, 9.17) is 5.11 Å². The van der Waals surface area contributed by atoms with Crippen LogP contribution in [-0.4, -0.2) is 58.4 Å². The molecule has 1 heterocycles. The summed E-state index contributed by atoms with van der Waals surface area (Å²) in [5.74, 6) is -2.11. The van der Waals surface area contributed by atoms with E-state index in [9.17, 15) is 18.8 Å². The molecule has 1 aliphatic heterocycles. The molecule has 0 spiro atoms. The third-order valence-corrected chi connectivity index (χ3v) is 4.60. The number of hydrogen-bond donors (Lipinski definition) is 1. The Morgan fingerprint density at radius 2 is 1.92 bits per heavy atom. The number of carbonyl (C=O) groups is 3. The second-order valence-corrected chi connectivity index (χ2v) is 6.94. The number of carboxylic acid groups (broad SMARTS) is 1. The molecule has 0 aromatic heterocycles. The second kappa shape index (κ2) is 8.78. The lowest BCUT2D eigenvalue weighted by Gasteiger charge is -2.36. The van der Waals surface area contributed by atoms with Crippen molar-refractivity contribution in [2.75, 3.05) is 19.6 Å². The number of nitrogens with zero attached hydrogens (tertiary/aromatic N) is 2. The van der Waals surface area contributed by atoms with Crippen LogP contribution in [0.5, 0.6) is 0 Å². The van der Waals surface area contributed by atoms with Gasteiger partial charge in [-0.25, -0.2) is 4.39 Å². The van der Waals surface area contributed by atoms with Gasteiger partial charge in [0.15, 0.2) is 0 Å². The van der Waals surface area contributed by atoms with Gasteiger partial charge in [-0.15, -0.1) is 0 Å². The van der Waals surface area contributed by atoms with Crippen LogP contribution < -0.4 is 0 Å². The molecule has 1 saturated heterocycles. The molecule has 1 N–H and O–H groups in total. The maximum Gasteiger partial charge on any atom is 0.323 e. The van der Waals surface area contributed by atoms with Gasteiger partial charge in [-0.2, -0.15) is 0 Å². The standard InChI is InChI=1S/C19H25FN2O4/c1-13(2)22(12-18(24)25)19(26)15-4-3-9-21(11-15)17(23)10-14-5-7-16(20)8-6-14/h5-8,13,15H,3-4,9-12H2,1-2H3,(H,24,25). The van der Waals surface area contributed by atoms with Crippen LogP contribution in [0.1, 0.15) is 32.3 Å². The number of hydrogen-bond acceptors (Lipinski definition) is 3. The molecule has 1 fully saturated rings. The van der Waals surface area contributed by atoms with Gasteiger partial charge in [-0.3, -0.25) is 14.4 Å². The molecular formula is C19H25FN2O4. The molecule has 2 amide bonds. The molecule has 2 rings (SSSR count). The lowest BCUT2D eigenvalue weighted by Crippen LogP contribution is -2.50. The number of carbonyl (C=O) groups excluding carboxylic acids is 2. The molecule has 0 aliphatic carbocycles. The van der Waals surface area contributed by atoms with Crippen LogP contribution in [-0.2, 0) is 20.8 Å². The SMILES string of the molecule is CC(C)N(CC(=O)O)C(=O)C1CCCN(C(=O)Cc2ccc(F)cc2)C1. The highest BCUT2D eigenvalue weighted by molar-refractivity contribution is 5.85. The summed E-state index contributed by atoms with van der Waals surface area (Å²) in [7, 11) is 0. The van der Waals surface area contributed by atoms with E-state index >= 15 is 0 Å². The highest BCUT2D eigenvalue weighted by Crippen LogP contribution is 2.21. The van der Waals surface area contributed by atoms with E-state index in [0.29, 0.717) is 25.9 Å². The molecule has 0 bridgehead atoms. The number of benzene rings is 1. The van der Waals surface area contributed by atoms with Crippen molar-refractivity contribution in [3.8, 4) is 0 Å². The minimum Gasteiger partial charge on any atom is -0.480 e. The van der Waals surface area contributed by atoms with Gasteiger partial charge in [0.1, 0.15) is 12.4 Å². The average Bonchev–Trinajstić information content (AvgIpc) is 2.60. The lowest BCUT2D eigenvalue weighted by atomic mass is 9.95. The zero-order valence-electron chi connectivity index (χ0n) is 15.2.